The molecular formula is C15H30BrN5. The van der Waals surface area contributed by atoms with E-state index in [4.69, 9.17) is 5.84 Å². The van der Waals surface area contributed by atoms with Crippen LogP contribution in [0.3, 0.4) is 0 Å². The van der Waals surface area contributed by atoms with Gasteiger partial charge in [-0.1, -0.05) is 39.0 Å². The summed E-state index contributed by atoms with van der Waals surface area (Å²) in [6, 6.07) is 0.158. The Kier molecular flexibility index (Phi) is 9.15. The normalized spacial score (nSPS) is 13.0. The number of aromatic nitrogens is 2. The second-order valence-corrected chi connectivity index (χ2v) is 6.68. The van der Waals surface area contributed by atoms with E-state index in [1.54, 1.807) is 0 Å². The number of nitrogens with one attached hydrogen (secondary N) is 1. The molecule has 1 rings (SSSR count). The lowest BCUT2D eigenvalue weighted by molar-refractivity contribution is 0.358. The van der Waals surface area contributed by atoms with E-state index in [9.17, 15) is 0 Å². The van der Waals surface area contributed by atoms with Gasteiger partial charge in [-0.25, -0.2) is 0 Å². The highest BCUT2D eigenvalue weighted by molar-refractivity contribution is 9.10. The second kappa shape index (κ2) is 10.3. The molecular weight excluding hydrogens is 330 g/mol. The highest BCUT2D eigenvalue weighted by atomic mass is 79.9. The van der Waals surface area contributed by atoms with Gasteiger partial charge in [-0.3, -0.25) is 16.0 Å². The number of likely N-dealkylation sites (N-methyl/N-ethyl adjacent to an activating group) is 1. The molecule has 0 aliphatic rings. The summed E-state index contributed by atoms with van der Waals surface area (Å²) in [5.41, 5.74) is 4.12. The van der Waals surface area contributed by atoms with E-state index in [0.29, 0.717) is 0 Å². The summed E-state index contributed by atoms with van der Waals surface area (Å²) in [5.74, 6) is 5.78. The van der Waals surface area contributed by atoms with Gasteiger partial charge in [-0.2, -0.15) is 5.10 Å². The van der Waals surface area contributed by atoms with Crippen molar-refractivity contribution in [1.82, 2.24) is 20.1 Å². The average Bonchev–Trinajstić information content (AvgIpc) is 2.82. The van der Waals surface area contributed by atoms with Crippen molar-refractivity contribution in [2.45, 2.75) is 58.0 Å². The lowest BCUT2D eigenvalue weighted by atomic mass is 10.0. The fourth-order valence-corrected chi connectivity index (χ4v) is 3.01. The number of hydrogen-bond acceptors (Lipinski definition) is 4. The van der Waals surface area contributed by atoms with Crippen LogP contribution in [0.15, 0.2) is 10.7 Å². The quantitative estimate of drug-likeness (QED) is 0.362. The molecule has 6 heteroatoms. The van der Waals surface area contributed by atoms with Crippen molar-refractivity contribution < 1.29 is 0 Å². The minimum absolute atomic E-state index is 0.158. The summed E-state index contributed by atoms with van der Waals surface area (Å²) in [4.78, 5) is 2.16. The zero-order valence-corrected chi connectivity index (χ0v) is 15.2. The van der Waals surface area contributed by atoms with E-state index < -0.39 is 0 Å². The molecule has 0 bridgehead atoms. The maximum Gasteiger partial charge on any atom is 0.0709 e. The molecule has 0 aromatic carbocycles. The van der Waals surface area contributed by atoms with Gasteiger partial charge in [-0.15, -0.1) is 0 Å². The Morgan fingerprint density at radius 1 is 1.33 bits per heavy atom. The summed E-state index contributed by atoms with van der Waals surface area (Å²) < 4.78 is 3.10. The van der Waals surface area contributed by atoms with Crippen molar-refractivity contribution in [2.24, 2.45) is 5.84 Å². The third-order valence-corrected chi connectivity index (χ3v) is 4.33. The molecule has 0 aliphatic heterocycles. The van der Waals surface area contributed by atoms with Crippen molar-refractivity contribution in [3.8, 4) is 0 Å². The predicted molar refractivity (Wildman–Crippen MR) is 91.9 cm³/mol. The molecule has 0 aliphatic carbocycles. The highest BCUT2D eigenvalue weighted by Gasteiger charge is 2.18. The number of halogens is 1. The van der Waals surface area contributed by atoms with E-state index in [1.807, 2.05) is 6.20 Å². The Morgan fingerprint density at radius 3 is 2.67 bits per heavy atom. The molecule has 1 unspecified atom stereocenters. The van der Waals surface area contributed by atoms with Crippen molar-refractivity contribution in [2.75, 3.05) is 20.6 Å². The molecule has 3 N–H and O–H groups in total. The van der Waals surface area contributed by atoms with Crippen molar-refractivity contribution in [3.63, 3.8) is 0 Å². The van der Waals surface area contributed by atoms with Gasteiger partial charge in [0.05, 0.1) is 29.0 Å². The molecule has 5 nitrogen and oxygen atoms in total. The van der Waals surface area contributed by atoms with E-state index >= 15 is 0 Å². The minimum atomic E-state index is 0.158. The molecule has 122 valence electrons. The Morgan fingerprint density at radius 2 is 2.05 bits per heavy atom. The summed E-state index contributed by atoms with van der Waals surface area (Å²) in [5, 5.41) is 4.46. The van der Waals surface area contributed by atoms with Gasteiger partial charge in [0.25, 0.3) is 0 Å². The number of hydrazine groups is 1. The molecule has 1 aromatic rings. The minimum Gasteiger partial charge on any atom is -0.308 e. The first kappa shape index (κ1) is 18.6. The largest absolute Gasteiger partial charge is 0.308 e. The molecule has 1 atom stereocenters. The van der Waals surface area contributed by atoms with Crippen LogP contribution in [0.4, 0.5) is 0 Å². The topological polar surface area (TPSA) is 59.1 Å². The van der Waals surface area contributed by atoms with Gasteiger partial charge in [-0.05, 0) is 36.4 Å². The highest BCUT2D eigenvalue weighted by Crippen LogP contribution is 2.27. The first-order valence-corrected chi connectivity index (χ1v) is 8.71. The van der Waals surface area contributed by atoms with Crippen LogP contribution < -0.4 is 11.3 Å². The van der Waals surface area contributed by atoms with Crippen LogP contribution in [-0.2, 0) is 6.54 Å². The van der Waals surface area contributed by atoms with Crippen molar-refractivity contribution >= 4 is 15.9 Å². The molecule has 0 fully saturated rings. The number of hydrogen-bond donors (Lipinski definition) is 2. The Bertz CT molecular complexity index is 391. The summed E-state index contributed by atoms with van der Waals surface area (Å²) in [6.07, 6.45) is 9.30. The zero-order chi connectivity index (χ0) is 15.7. The van der Waals surface area contributed by atoms with Crippen LogP contribution in [0.5, 0.6) is 0 Å². The standard InChI is InChI=1S/C15H30BrN5/c1-4-5-6-7-8-9-14(19-17)15-13(16)12-18-21(15)11-10-20(2)3/h12,14,19H,4-11,17H2,1-3H3. The summed E-state index contributed by atoms with van der Waals surface area (Å²) >= 11 is 3.61. The number of rotatable bonds is 11. The van der Waals surface area contributed by atoms with Gasteiger partial charge in [0.15, 0.2) is 0 Å². The zero-order valence-electron chi connectivity index (χ0n) is 13.6. The Hall–Kier alpha value is -0.430. The molecule has 1 aromatic heterocycles. The third-order valence-electron chi connectivity index (χ3n) is 3.72. The molecule has 0 saturated heterocycles. The van der Waals surface area contributed by atoms with Crippen molar-refractivity contribution in [3.05, 3.63) is 16.4 Å². The van der Waals surface area contributed by atoms with Crippen molar-refractivity contribution in [1.29, 1.82) is 0 Å². The molecule has 0 amide bonds. The second-order valence-electron chi connectivity index (χ2n) is 5.83. The molecule has 21 heavy (non-hydrogen) atoms. The lowest BCUT2D eigenvalue weighted by Gasteiger charge is -2.19. The Balaban J connectivity index is 2.59. The lowest BCUT2D eigenvalue weighted by Crippen LogP contribution is -2.31. The van der Waals surface area contributed by atoms with E-state index in [0.717, 1.165) is 29.7 Å². The average molecular weight is 360 g/mol. The van der Waals surface area contributed by atoms with Gasteiger partial charge >= 0.3 is 0 Å². The molecule has 1 heterocycles. The van der Waals surface area contributed by atoms with Crippen LogP contribution in [0.25, 0.3) is 0 Å². The van der Waals surface area contributed by atoms with Crippen LogP contribution in [0.1, 0.15) is 57.2 Å². The van der Waals surface area contributed by atoms with Gasteiger partial charge < -0.3 is 4.90 Å². The summed E-state index contributed by atoms with van der Waals surface area (Å²) in [7, 11) is 4.15. The first-order valence-electron chi connectivity index (χ1n) is 7.92. The fourth-order valence-electron chi connectivity index (χ4n) is 2.44. The number of nitrogens with two attached hydrogens (primary N) is 1. The molecule has 0 radical (unpaired) electrons. The molecule has 0 spiro atoms. The van der Waals surface area contributed by atoms with E-state index in [2.05, 4.69) is 57.1 Å². The predicted octanol–water partition coefficient (Wildman–Crippen LogP) is 3.07. The number of unbranched alkanes of at least 4 members (excludes halogenated alkanes) is 4. The fraction of sp³-hybridized carbons (Fsp3) is 0.800. The van der Waals surface area contributed by atoms with Gasteiger partial charge in [0.1, 0.15) is 0 Å². The van der Waals surface area contributed by atoms with E-state index in [-0.39, 0.29) is 6.04 Å². The van der Waals surface area contributed by atoms with Crippen LogP contribution in [-0.4, -0.2) is 35.3 Å². The SMILES string of the molecule is CCCCCCCC(NN)c1c(Br)cnn1CCN(C)C. The maximum absolute atomic E-state index is 5.78. The van der Waals surface area contributed by atoms with Crippen LogP contribution >= 0.6 is 15.9 Å². The summed E-state index contributed by atoms with van der Waals surface area (Å²) in [6.45, 7) is 4.08. The molecule has 0 saturated carbocycles. The Labute approximate surface area is 137 Å². The van der Waals surface area contributed by atoms with Crippen LogP contribution in [0.2, 0.25) is 0 Å². The van der Waals surface area contributed by atoms with Gasteiger partial charge in [0, 0.05) is 6.54 Å². The van der Waals surface area contributed by atoms with Crippen LogP contribution in [0, 0.1) is 0 Å². The smallest absolute Gasteiger partial charge is 0.0709 e. The monoisotopic (exact) mass is 359 g/mol. The number of nitrogens with zero attached hydrogens (tertiary/aromatic N) is 3. The van der Waals surface area contributed by atoms with E-state index in [1.165, 1.54) is 32.1 Å². The third kappa shape index (κ3) is 6.46. The maximum atomic E-state index is 5.78. The first-order chi connectivity index (χ1) is 10.1. The van der Waals surface area contributed by atoms with Gasteiger partial charge in [0.2, 0.25) is 0 Å².